The van der Waals surface area contributed by atoms with Crippen LogP contribution in [0.4, 0.5) is 4.79 Å². The lowest BCUT2D eigenvalue weighted by Crippen LogP contribution is -2.57. The number of likely N-dealkylation sites (tertiary alicyclic amines) is 1. The van der Waals surface area contributed by atoms with Gasteiger partial charge in [-0.2, -0.15) is 0 Å². The molecule has 10 nitrogen and oxygen atoms in total. The van der Waals surface area contributed by atoms with Crippen LogP contribution in [0, 0.1) is 29.1 Å². The Morgan fingerprint density at radius 1 is 1.06 bits per heavy atom. The molecule has 0 aromatic heterocycles. The number of carbonyl (C=O) groups excluding carboxylic acids is 5. The predicted octanol–water partition coefficient (Wildman–Crippen LogP) is 5.88. The van der Waals surface area contributed by atoms with E-state index in [1.54, 1.807) is 49.9 Å². The molecule has 0 radical (unpaired) electrons. The fraction of sp³-hybridized carbons (Fsp3) is 0.658. The Labute approximate surface area is 291 Å². The van der Waals surface area contributed by atoms with Crippen molar-refractivity contribution in [3.05, 3.63) is 43.0 Å². The zero-order valence-corrected chi connectivity index (χ0v) is 30.6. The van der Waals surface area contributed by atoms with E-state index in [0.29, 0.717) is 13.0 Å². The number of amides is 2. The smallest absolute Gasteiger partial charge is 0.408 e. The first-order valence-corrected chi connectivity index (χ1v) is 19.4. The molecule has 1 saturated heterocycles. The summed E-state index contributed by atoms with van der Waals surface area (Å²) in [4.78, 5) is 69.9. The summed E-state index contributed by atoms with van der Waals surface area (Å²) in [6.45, 7) is 13.6. The Hall–Kier alpha value is -3.34. The van der Waals surface area contributed by atoms with E-state index >= 15 is 0 Å². The maximum atomic E-state index is 14.4. The van der Waals surface area contributed by atoms with Gasteiger partial charge < -0.3 is 15.0 Å². The highest BCUT2D eigenvalue weighted by Gasteiger charge is 2.69. The second-order valence-corrected chi connectivity index (χ2v) is 17.8. The lowest BCUT2D eigenvalue weighted by Gasteiger charge is -2.37. The molecule has 2 amide bonds. The second-order valence-electron chi connectivity index (χ2n) is 15.7. The summed E-state index contributed by atoms with van der Waals surface area (Å²) in [6.07, 6.45) is 5.67. The van der Waals surface area contributed by atoms with E-state index in [2.05, 4.69) is 25.7 Å². The molecule has 11 heteroatoms. The van der Waals surface area contributed by atoms with E-state index in [1.807, 2.05) is 0 Å². The monoisotopic (exact) mass is 698 g/mol. The summed E-state index contributed by atoms with van der Waals surface area (Å²) < 4.78 is 30.9. The first kappa shape index (κ1) is 38.5. The number of allylic oxidation sites excluding steroid dienone is 1. The third-order valence-electron chi connectivity index (χ3n) is 10.6. The number of sulfone groups is 1. The van der Waals surface area contributed by atoms with Gasteiger partial charge in [0, 0.05) is 25.3 Å². The number of alkyl carbamates (subject to hydrolysis) is 1. The number of rotatable bonds is 16. The van der Waals surface area contributed by atoms with Gasteiger partial charge in [0.1, 0.15) is 11.6 Å². The molecule has 2 saturated carbocycles. The maximum Gasteiger partial charge on any atom is 0.408 e. The van der Waals surface area contributed by atoms with Crippen molar-refractivity contribution in [2.24, 2.45) is 29.1 Å². The molecule has 4 rings (SSSR count). The minimum atomic E-state index is -3.61. The predicted molar refractivity (Wildman–Crippen MR) is 186 cm³/mol. The van der Waals surface area contributed by atoms with Crippen LogP contribution in [0.2, 0.25) is 0 Å². The molecule has 0 spiro atoms. The Bertz CT molecular complexity index is 1510. The highest BCUT2D eigenvalue weighted by Crippen LogP contribution is 2.65. The van der Waals surface area contributed by atoms with Crippen molar-refractivity contribution in [1.82, 2.24) is 10.2 Å². The molecule has 270 valence electrons. The normalized spacial score (nSPS) is 23.1. The molecule has 3 fully saturated rings. The molecule has 0 bridgehead atoms. The average Bonchev–Trinajstić information content (AvgIpc) is 3.35. The molecule has 1 aromatic rings. The maximum absolute atomic E-state index is 14.4. The molecular weight excluding hydrogens is 644 g/mol. The highest BCUT2D eigenvalue weighted by molar-refractivity contribution is 7.91. The molecule has 1 aromatic carbocycles. The quantitative estimate of drug-likeness (QED) is 0.167. The number of nitrogens with zero attached hydrogens (tertiary/aromatic N) is 1. The Kier molecular flexibility index (Phi) is 12.3. The van der Waals surface area contributed by atoms with E-state index in [-0.39, 0.29) is 71.2 Å². The summed E-state index contributed by atoms with van der Waals surface area (Å²) in [5, 5.41) is 2.86. The van der Waals surface area contributed by atoms with Crippen molar-refractivity contribution in [2.45, 2.75) is 121 Å². The highest BCUT2D eigenvalue weighted by atomic mass is 32.2. The second kappa shape index (κ2) is 15.7. The number of ether oxygens (including phenoxy) is 1. The van der Waals surface area contributed by atoms with E-state index in [0.717, 1.165) is 32.1 Å². The summed E-state index contributed by atoms with van der Waals surface area (Å²) in [5.74, 6) is -3.22. The van der Waals surface area contributed by atoms with Crippen molar-refractivity contribution in [2.75, 3.05) is 12.3 Å². The SMILES string of the molecule is C=CCCC(CC(=O)[C@@H]1[C@@H]2[C@H](CN1C(=O)[C@@H](NC(=O)OC(C)(C)C)C1CCCCC1)C2(C)C)C(=O)C(=O)CCCS(=O)(=O)c1ccccc1. The number of piperidine rings is 1. The van der Waals surface area contributed by atoms with E-state index in [4.69, 9.17) is 4.74 Å². The van der Waals surface area contributed by atoms with Crippen LogP contribution in [-0.4, -0.2) is 72.7 Å². The third kappa shape index (κ3) is 9.47. The average molecular weight is 699 g/mol. The zero-order chi connectivity index (χ0) is 36.1. The molecule has 1 heterocycles. The summed E-state index contributed by atoms with van der Waals surface area (Å²) in [7, 11) is -3.61. The van der Waals surface area contributed by atoms with E-state index < -0.39 is 51.1 Å². The number of benzene rings is 1. The lowest BCUT2D eigenvalue weighted by molar-refractivity contribution is -0.144. The van der Waals surface area contributed by atoms with Gasteiger partial charge in [0.2, 0.25) is 11.7 Å². The first-order chi connectivity index (χ1) is 23.0. The molecule has 1 N–H and O–H groups in total. The minimum Gasteiger partial charge on any atom is -0.444 e. The van der Waals surface area contributed by atoms with Crippen molar-refractivity contribution >= 4 is 39.2 Å². The van der Waals surface area contributed by atoms with Gasteiger partial charge in [-0.25, -0.2) is 13.2 Å². The number of hydrogen-bond donors (Lipinski definition) is 1. The van der Waals surface area contributed by atoms with Gasteiger partial charge in [-0.1, -0.05) is 57.4 Å². The summed E-state index contributed by atoms with van der Waals surface area (Å²) in [6, 6.07) is 6.34. The fourth-order valence-corrected chi connectivity index (χ4v) is 9.20. The van der Waals surface area contributed by atoms with Crippen molar-refractivity contribution in [1.29, 1.82) is 0 Å². The van der Waals surface area contributed by atoms with Crippen LogP contribution in [0.25, 0.3) is 0 Å². The molecule has 5 atom stereocenters. The summed E-state index contributed by atoms with van der Waals surface area (Å²) in [5.41, 5.74) is -0.917. The Morgan fingerprint density at radius 2 is 1.71 bits per heavy atom. The van der Waals surface area contributed by atoms with Crippen LogP contribution in [-0.2, 0) is 33.8 Å². The van der Waals surface area contributed by atoms with E-state index in [9.17, 15) is 32.4 Å². The van der Waals surface area contributed by atoms with Crippen molar-refractivity contribution in [3.63, 3.8) is 0 Å². The van der Waals surface area contributed by atoms with Gasteiger partial charge in [0.05, 0.1) is 16.7 Å². The van der Waals surface area contributed by atoms with Gasteiger partial charge in [-0.15, -0.1) is 6.58 Å². The van der Waals surface area contributed by atoms with Crippen LogP contribution in [0.1, 0.15) is 98.8 Å². The van der Waals surface area contributed by atoms with E-state index in [1.165, 1.54) is 12.1 Å². The Balaban J connectivity index is 1.49. The van der Waals surface area contributed by atoms with Crippen LogP contribution in [0.15, 0.2) is 47.9 Å². The Morgan fingerprint density at radius 3 is 2.33 bits per heavy atom. The van der Waals surface area contributed by atoms with Crippen LogP contribution < -0.4 is 5.32 Å². The lowest BCUT2D eigenvalue weighted by atomic mass is 9.82. The van der Waals surface area contributed by atoms with Gasteiger partial charge in [-0.3, -0.25) is 19.2 Å². The van der Waals surface area contributed by atoms with Gasteiger partial charge in [-0.05, 0) is 88.2 Å². The zero-order valence-electron chi connectivity index (χ0n) is 29.7. The molecule has 49 heavy (non-hydrogen) atoms. The molecule has 2 aliphatic carbocycles. The van der Waals surface area contributed by atoms with Crippen molar-refractivity contribution < 1.29 is 37.1 Å². The van der Waals surface area contributed by atoms with Crippen LogP contribution in [0.3, 0.4) is 0 Å². The van der Waals surface area contributed by atoms with Crippen molar-refractivity contribution in [3.8, 4) is 0 Å². The topological polar surface area (TPSA) is 144 Å². The largest absolute Gasteiger partial charge is 0.444 e. The van der Waals surface area contributed by atoms with Crippen LogP contribution in [0.5, 0.6) is 0 Å². The number of ketones is 3. The molecular formula is C38H54N2O8S. The number of nitrogens with one attached hydrogen (secondary N) is 1. The van der Waals surface area contributed by atoms with Gasteiger partial charge in [0.25, 0.3) is 0 Å². The van der Waals surface area contributed by atoms with Gasteiger partial charge in [0.15, 0.2) is 21.4 Å². The molecule has 1 unspecified atom stereocenters. The standard InChI is InChI=1S/C38H54N2O8S/c1-7-8-16-26(34(43)29(41)21-15-22-49(46,47)27-19-13-10-14-20-27)23-30(42)33-31-28(38(31,5)6)24-40(33)35(44)32(25-17-11-9-12-18-25)39-36(45)48-37(2,3)4/h7,10,13-14,19-20,25-26,28,31-33H,1,8-9,11-12,15-18,21-24H2,2-6H3,(H,39,45)/t26?,28-,31-,32-,33+/m0/s1. The van der Waals surface area contributed by atoms with Gasteiger partial charge >= 0.3 is 6.09 Å². The number of fused-ring (bicyclic) bond motifs is 1. The minimum absolute atomic E-state index is 0.0139. The van der Waals surface area contributed by atoms with Crippen LogP contribution >= 0.6 is 0 Å². The number of carbonyl (C=O) groups is 5. The third-order valence-corrected chi connectivity index (χ3v) is 12.4. The number of Topliss-reactive ketones (excluding diaryl/α,β-unsaturated/α-hetero) is 3. The summed E-state index contributed by atoms with van der Waals surface area (Å²) >= 11 is 0. The number of hydrogen-bond acceptors (Lipinski definition) is 8. The fourth-order valence-electron chi connectivity index (χ4n) is 7.87. The molecule has 3 aliphatic rings. The first-order valence-electron chi connectivity index (χ1n) is 17.8. The molecule has 1 aliphatic heterocycles.